The van der Waals surface area contributed by atoms with Gasteiger partial charge in [0.05, 0.1) is 45.1 Å². The number of amides is 1. The molecule has 1 aliphatic rings. The van der Waals surface area contributed by atoms with Gasteiger partial charge in [-0.15, -0.1) is 11.8 Å². The molecule has 0 aliphatic carbocycles. The topological polar surface area (TPSA) is 78.1 Å². The van der Waals surface area contributed by atoms with Gasteiger partial charge < -0.3 is 15.1 Å². The highest BCUT2D eigenvalue weighted by Crippen LogP contribution is 2.41. The van der Waals surface area contributed by atoms with Crippen LogP contribution >= 0.6 is 35.0 Å². The lowest BCUT2D eigenvalue weighted by Crippen LogP contribution is -2.30. The number of hydrogen-bond acceptors (Lipinski definition) is 5. The van der Waals surface area contributed by atoms with Crippen molar-refractivity contribution in [2.24, 2.45) is 0 Å². The molecule has 0 bridgehead atoms. The van der Waals surface area contributed by atoms with Crippen molar-refractivity contribution >= 4 is 46.6 Å². The fraction of sp³-hybridized carbons (Fsp3) is 0.273. The fourth-order valence-corrected chi connectivity index (χ4v) is 4.80. The van der Waals surface area contributed by atoms with Crippen molar-refractivity contribution in [1.29, 1.82) is 5.26 Å². The number of carbonyl (C=O) groups is 1. The van der Waals surface area contributed by atoms with Crippen molar-refractivity contribution in [1.82, 2.24) is 5.32 Å². The Labute approximate surface area is 190 Å². The monoisotopic (exact) mass is 461 g/mol. The van der Waals surface area contributed by atoms with Crippen LogP contribution in [0.4, 0.5) is 5.69 Å². The Hall–Kier alpha value is -2.33. The van der Waals surface area contributed by atoms with Crippen LogP contribution in [0.25, 0.3) is 0 Å². The molecule has 1 aliphatic heterocycles. The zero-order valence-electron chi connectivity index (χ0n) is 16.6. The highest BCUT2D eigenvalue weighted by atomic mass is 35.5. The summed E-state index contributed by atoms with van der Waals surface area (Å²) in [6.45, 7) is 3.94. The van der Waals surface area contributed by atoms with Crippen molar-refractivity contribution in [2.75, 3.05) is 11.1 Å². The predicted octanol–water partition coefficient (Wildman–Crippen LogP) is 6.45. The molecule has 1 aromatic heterocycles. The number of nitrogens with zero attached hydrogens (tertiary/aromatic N) is 1. The quantitative estimate of drug-likeness (QED) is 0.462. The first-order valence-electron chi connectivity index (χ1n) is 9.50. The van der Waals surface area contributed by atoms with Gasteiger partial charge in [-0.25, -0.2) is 0 Å². The minimum Gasteiger partial charge on any atom is -0.468 e. The number of furan rings is 1. The van der Waals surface area contributed by atoms with E-state index in [4.69, 9.17) is 27.6 Å². The van der Waals surface area contributed by atoms with Gasteiger partial charge in [0.1, 0.15) is 5.76 Å². The first kappa shape index (κ1) is 22.4. The van der Waals surface area contributed by atoms with Gasteiger partial charge in [-0.1, -0.05) is 36.5 Å². The van der Waals surface area contributed by atoms with Gasteiger partial charge in [-0.2, -0.15) is 5.26 Å². The molecule has 1 atom stereocenters. The minimum absolute atomic E-state index is 0.333. The Kier molecular flexibility index (Phi) is 7.54. The van der Waals surface area contributed by atoms with Crippen molar-refractivity contribution in [3.05, 3.63) is 74.3 Å². The first-order valence-corrected chi connectivity index (χ1v) is 11.2. The van der Waals surface area contributed by atoms with Crippen molar-refractivity contribution in [2.45, 2.75) is 32.6 Å². The van der Waals surface area contributed by atoms with E-state index < -0.39 is 5.92 Å². The van der Waals surface area contributed by atoms with E-state index in [1.54, 1.807) is 42.1 Å². The third-order valence-electron chi connectivity index (χ3n) is 4.64. The molecule has 2 aromatic rings. The second kappa shape index (κ2) is 10.1. The number of nitrogens with one attached hydrogen (secondary N) is 2. The molecule has 0 saturated carbocycles. The largest absolute Gasteiger partial charge is 0.468 e. The number of anilines is 1. The number of rotatable bonds is 7. The van der Waals surface area contributed by atoms with Crippen LogP contribution in [0.5, 0.6) is 0 Å². The fourth-order valence-electron chi connectivity index (χ4n) is 3.17. The average molecular weight is 462 g/mol. The molecular weight excluding hydrogens is 441 g/mol. The van der Waals surface area contributed by atoms with Crippen LogP contribution in [0.2, 0.25) is 10.0 Å². The second-order valence-corrected chi connectivity index (χ2v) is 8.70. The summed E-state index contributed by atoms with van der Waals surface area (Å²) in [4.78, 5) is 13.3. The smallest absolute Gasteiger partial charge is 0.254 e. The maximum Gasteiger partial charge on any atom is 0.254 e. The van der Waals surface area contributed by atoms with Crippen LogP contribution in [-0.2, 0) is 4.79 Å². The lowest BCUT2D eigenvalue weighted by molar-refractivity contribution is -0.113. The second-order valence-electron chi connectivity index (χ2n) is 6.75. The number of thioether (sulfide) groups is 1. The average Bonchev–Trinajstić information content (AvgIpc) is 3.24. The summed E-state index contributed by atoms with van der Waals surface area (Å²) in [7, 11) is 0. The van der Waals surface area contributed by atoms with Gasteiger partial charge in [0.15, 0.2) is 0 Å². The molecule has 0 spiro atoms. The Morgan fingerprint density at radius 2 is 2.17 bits per heavy atom. The summed E-state index contributed by atoms with van der Waals surface area (Å²) in [6.07, 6.45) is 3.64. The molecule has 0 radical (unpaired) electrons. The first-order chi connectivity index (χ1) is 14.5. The van der Waals surface area contributed by atoms with Gasteiger partial charge in [0, 0.05) is 10.7 Å². The predicted molar refractivity (Wildman–Crippen MR) is 122 cm³/mol. The highest BCUT2D eigenvalue weighted by molar-refractivity contribution is 8.03. The number of carbonyl (C=O) groups excluding carboxylic acids is 1. The Bertz CT molecular complexity index is 1040. The van der Waals surface area contributed by atoms with E-state index in [9.17, 15) is 10.1 Å². The van der Waals surface area contributed by atoms with Crippen LogP contribution in [0.3, 0.4) is 0 Å². The van der Waals surface area contributed by atoms with E-state index in [1.807, 2.05) is 6.92 Å². The number of benzene rings is 1. The molecular formula is C22H21Cl2N3O2S. The summed E-state index contributed by atoms with van der Waals surface area (Å²) < 4.78 is 5.62. The van der Waals surface area contributed by atoms with Crippen molar-refractivity contribution in [3.63, 3.8) is 0 Å². The van der Waals surface area contributed by atoms with Gasteiger partial charge in [-0.3, -0.25) is 4.79 Å². The molecule has 30 heavy (non-hydrogen) atoms. The summed E-state index contributed by atoms with van der Waals surface area (Å²) in [5, 5.41) is 17.6. The maximum absolute atomic E-state index is 13.3. The van der Waals surface area contributed by atoms with E-state index >= 15 is 0 Å². The molecule has 156 valence electrons. The molecule has 1 aromatic carbocycles. The van der Waals surface area contributed by atoms with Crippen molar-refractivity contribution in [3.8, 4) is 6.07 Å². The molecule has 8 heteroatoms. The van der Waals surface area contributed by atoms with Crippen LogP contribution in [0.1, 0.15) is 38.4 Å². The number of nitriles is 1. The number of allylic oxidation sites excluding steroid dienone is 2. The summed E-state index contributed by atoms with van der Waals surface area (Å²) in [6, 6.07) is 10.7. The van der Waals surface area contributed by atoms with Crippen LogP contribution in [-0.4, -0.2) is 11.7 Å². The maximum atomic E-state index is 13.3. The molecule has 2 heterocycles. The third-order valence-corrected chi connectivity index (χ3v) is 6.29. The number of hydrogen-bond donors (Lipinski definition) is 2. The SMILES string of the molecule is CCCCSC1=C(C#N)[C@@H](c2ccco2)C(C(=O)Nc2ccc(Cl)cc2Cl)=C(C)N1. The van der Waals surface area contributed by atoms with Gasteiger partial charge in [0.2, 0.25) is 0 Å². The van der Waals surface area contributed by atoms with Gasteiger partial charge in [-0.05, 0) is 49.4 Å². The zero-order valence-corrected chi connectivity index (χ0v) is 18.9. The summed E-state index contributed by atoms with van der Waals surface area (Å²) in [5.74, 6) is 0.440. The standard InChI is InChI=1S/C22H21Cl2N3O2S/c1-3-4-10-30-22-15(12-25)20(18-6-5-9-29-18)19(13(2)26-22)21(28)27-17-8-7-14(23)11-16(17)24/h5-9,11,20,26H,3-4,10H2,1-2H3,(H,27,28)/t20-/m0/s1. The van der Waals surface area contributed by atoms with Crippen LogP contribution in [0.15, 0.2) is 62.9 Å². The highest BCUT2D eigenvalue weighted by Gasteiger charge is 2.36. The Morgan fingerprint density at radius 1 is 1.37 bits per heavy atom. The number of dihydropyridines is 1. The van der Waals surface area contributed by atoms with E-state index in [2.05, 4.69) is 23.6 Å². The van der Waals surface area contributed by atoms with Crippen LogP contribution < -0.4 is 10.6 Å². The van der Waals surface area contributed by atoms with E-state index in [1.165, 1.54) is 6.26 Å². The van der Waals surface area contributed by atoms with Crippen molar-refractivity contribution < 1.29 is 9.21 Å². The molecule has 3 rings (SSSR count). The van der Waals surface area contributed by atoms with Gasteiger partial charge in [0.25, 0.3) is 5.91 Å². The van der Waals surface area contributed by atoms with E-state index in [-0.39, 0.29) is 5.91 Å². The van der Waals surface area contributed by atoms with Crippen LogP contribution in [0, 0.1) is 11.3 Å². The van der Waals surface area contributed by atoms with Gasteiger partial charge >= 0.3 is 0 Å². The normalized spacial score (nSPS) is 16.3. The molecule has 5 nitrogen and oxygen atoms in total. The Morgan fingerprint density at radius 3 is 2.80 bits per heavy atom. The molecule has 0 unspecified atom stereocenters. The Balaban J connectivity index is 1.98. The molecule has 2 N–H and O–H groups in total. The van der Waals surface area contributed by atoms with E-state index in [0.29, 0.717) is 38.3 Å². The molecule has 1 amide bonds. The minimum atomic E-state index is -0.610. The lowest BCUT2D eigenvalue weighted by atomic mass is 9.85. The lowest BCUT2D eigenvalue weighted by Gasteiger charge is -2.28. The summed E-state index contributed by atoms with van der Waals surface area (Å²) >= 11 is 13.8. The third kappa shape index (κ3) is 4.86. The molecule has 0 saturated heterocycles. The summed E-state index contributed by atoms with van der Waals surface area (Å²) in [5.41, 5.74) is 1.98. The number of halogens is 2. The number of unbranched alkanes of at least 4 members (excludes halogenated alkanes) is 1. The molecule has 0 fully saturated rings. The zero-order chi connectivity index (χ0) is 21.7. The van der Waals surface area contributed by atoms with E-state index in [0.717, 1.165) is 23.6 Å².